The third-order valence-electron chi connectivity index (χ3n) is 5.30. The van der Waals surface area contributed by atoms with Gasteiger partial charge in [0.1, 0.15) is 28.8 Å². The normalized spacial score (nSPS) is 19.8. The molecule has 5 nitrogen and oxygen atoms in total. The second kappa shape index (κ2) is 8.47. The second-order valence-electron chi connectivity index (χ2n) is 7.22. The molecule has 1 aliphatic rings. The second-order valence-corrected chi connectivity index (χ2v) is 7.62. The number of halogens is 2. The summed E-state index contributed by atoms with van der Waals surface area (Å²) in [6.07, 6.45) is -0.211. The molecule has 2 atom stereocenters. The summed E-state index contributed by atoms with van der Waals surface area (Å²) < 4.78 is 30.8. The summed E-state index contributed by atoms with van der Waals surface area (Å²) in [5.41, 5.74) is -0.675. The fourth-order valence-electron chi connectivity index (χ4n) is 3.60. The van der Waals surface area contributed by atoms with Crippen LogP contribution in [0.1, 0.15) is 18.9 Å². The van der Waals surface area contributed by atoms with Gasteiger partial charge in [-0.1, -0.05) is 36.7 Å². The molecule has 0 saturated heterocycles. The zero-order valence-electron chi connectivity index (χ0n) is 16.7. The van der Waals surface area contributed by atoms with E-state index in [1.807, 2.05) is 12.1 Å². The molecule has 0 radical (unpaired) electrons. The molecule has 0 amide bonds. The number of hydrogen-bond donors (Lipinski definition) is 1. The Balaban J connectivity index is 1.59. The summed E-state index contributed by atoms with van der Waals surface area (Å²) in [5.74, 6) is 0.305. The van der Waals surface area contributed by atoms with Crippen molar-refractivity contribution < 1.29 is 28.5 Å². The minimum absolute atomic E-state index is 0.213. The lowest BCUT2D eigenvalue weighted by atomic mass is 9.85. The van der Waals surface area contributed by atoms with Crippen LogP contribution in [0, 0.1) is 5.82 Å². The Labute approximate surface area is 183 Å². The summed E-state index contributed by atoms with van der Waals surface area (Å²) in [6.45, 7) is 1.75. The van der Waals surface area contributed by atoms with Crippen molar-refractivity contribution in [1.82, 2.24) is 0 Å². The molecule has 0 spiro atoms. The van der Waals surface area contributed by atoms with Gasteiger partial charge in [-0.15, -0.1) is 0 Å². The number of rotatable bonds is 6. The van der Waals surface area contributed by atoms with Crippen LogP contribution in [0.25, 0.3) is 0 Å². The van der Waals surface area contributed by atoms with E-state index in [-0.39, 0.29) is 17.3 Å². The molecular formula is C24H20ClFO5. The summed E-state index contributed by atoms with van der Waals surface area (Å²) in [4.78, 5) is 12.2. The average Bonchev–Trinajstić information content (AvgIpc) is 2.76. The van der Waals surface area contributed by atoms with E-state index in [1.54, 1.807) is 37.3 Å². The molecule has 3 aromatic rings. The van der Waals surface area contributed by atoms with Crippen molar-refractivity contribution in [2.24, 2.45) is 0 Å². The third-order valence-corrected chi connectivity index (χ3v) is 5.59. The predicted octanol–water partition coefficient (Wildman–Crippen LogP) is 5.89. The molecule has 0 bridgehead atoms. The van der Waals surface area contributed by atoms with E-state index in [0.29, 0.717) is 29.4 Å². The number of benzene rings is 3. The lowest BCUT2D eigenvalue weighted by molar-refractivity contribution is -0.167. The highest BCUT2D eigenvalue weighted by atomic mass is 35.5. The monoisotopic (exact) mass is 442 g/mol. The van der Waals surface area contributed by atoms with E-state index >= 15 is 0 Å². The zero-order chi connectivity index (χ0) is 22.0. The minimum atomic E-state index is -1.54. The minimum Gasteiger partial charge on any atom is -0.484 e. The van der Waals surface area contributed by atoms with Crippen LogP contribution in [0.2, 0.25) is 5.02 Å². The first-order chi connectivity index (χ1) is 14.9. The lowest BCUT2D eigenvalue weighted by Crippen LogP contribution is -2.59. The van der Waals surface area contributed by atoms with Crippen LogP contribution in [0.3, 0.4) is 0 Å². The zero-order valence-corrected chi connectivity index (χ0v) is 17.4. The molecule has 4 rings (SSSR count). The highest BCUT2D eigenvalue weighted by Crippen LogP contribution is 2.40. The molecule has 1 aliphatic heterocycles. The highest BCUT2D eigenvalue weighted by molar-refractivity contribution is 6.32. The van der Waals surface area contributed by atoms with Gasteiger partial charge in [-0.05, 0) is 54.4 Å². The number of hydrogen-bond acceptors (Lipinski definition) is 4. The number of fused-ring (bicyclic) bond motifs is 1. The topological polar surface area (TPSA) is 65.0 Å². The van der Waals surface area contributed by atoms with Crippen molar-refractivity contribution in [3.63, 3.8) is 0 Å². The van der Waals surface area contributed by atoms with Crippen LogP contribution >= 0.6 is 11.6 Å². The Morgan fingerprint density at radius 1 is 1.16 bits per heavy atom. The van der Waals surface area contributed by atoms with E-state index in [9.17, 15) is 14.3 Å². The molecule has 1 N–H and O–H groups in total. The first-order valence-electron chi connectivity index (χ1n) is 9.81. The number of para-hydroxylation sites is 1. The van der Waals surface area contributed by atoms with Gasteiger partial charge in [0.05, 0.1) is 5.02 Å². The van der Waals surface area contributed by atoms with Crippen LogP contribution in [0.4, 0.5) is 4.39 Å². The maximum Gasteiger partial charge on any atom is 0.352 e. The smallest absolute Gasteiger partial charge is 0.352 e. The summed E-state index contributed by atoms with van der Waals surface area (Å²) >= 11 is 6.40. The van der Waals surface area contributed by atoms with Crippen molar-refractivity contribution in [2.45, 2.75) is 31.5 Å². The van der Waals surface area contributed by atoms with Gasteiger partial charge >= 0.3 is 5.97 Å². The summed E-state index contributed by atoms with van der Waals surface area (Å²) in [6, 6.07) is 17.7. The van der Waals surface area contributed by atoms with E-state index in [2.05, 4.69) is 0 Å². The first kappa shape index (κ1) is 21.0. The Kier molecular flexibility index (Phi) is 5.74. The quantitative estimate of drug-likeness (QED) is 0.515. The summed E-state index contributed by atoms with van der Waals surface area (Å²) in [7, 11) is 0. The number of carbonyl (C=O) groups is 1. The standard InChI is InChI=1S/C24H20ClFO5/c1-2-24(23(27)28)22(13-15-5-3-4-6-20(15)31-24)30-21-12-11-18(14-19(21)25)29-17-9-7-16(26)8-10-17/h3-12,14,22H,2,13H2,1H3,(H,27,28). The van der Waals surface area contributed by atoms with Crippen molar-refractivity contribution in [2.75, 3.05) is 0 Å². The Morgan fingerprint density at radius 2 is 1.87 bits per heavy atom. The van der Waals surface area contributed by atoms with Crippen LogP contribution in [0.15, 0.2) is 66.7 Å². The summed E-state index contributed by atoms with van der Waals surface area (Å²) in [5, 5.41) is 10.2. The maximum atomic E-state index is 13.1. The van der Waals surface area contributed by atoms with Gasteiger partial charge < -0.3 is 19.3 Å². The number of carboxylic acids is 1. The molecule has 160 valence electrons. The molecule has 7 heteroatoms. The third kappa shape index (κ3) is 4.16. The van der Waals surface area contributed by atoms with Crippen LogP contribution in [-0.4, -0.2) is 22.8 Å². The Bertz CT molecular complexity index is 1100. The van der Waals surface area contributed by atoms with E-state index in [4.69, 9.17) is 25.8 Å². The van der Waals surface area contributed by atoms with Gasteiger partial charge in [-0.25, -0.2) is 9.18 Å². The van der Waals surface area contributed by atoms with Crippen LogP contribution < -0.4 is 14.2 Å². The largest absolute Gasteiger partial charge is 0.484 e. The molecule has 3 aromatic carbocycles. The van der Waals surface area contributed by atoms with Crippen LogP contribution in [-0.2, 0) is 11.2 Å². The van der Waals surface area contributed by atoms with Crippen molar-refractivity contribution in [1.29, 1.82) is 0 Å². The van der Waals surface area contributed by atoms with Crippen LogP contribution in [0.5, 0.6) is 23.0 Å². The molecule has 0 saturated carbocycles. The molecule has 31 heavy (non-hydrogen) atoms. The Hall–Kier alpha value is -3.25. The van der Waals surface area contributed by atoms with Gasteiger partial charge in [-0.2, -0.15) is 0 Å². The fraction of sp³-hybridized carbons (Fsp3) is 0.208. The van der Waals surface area contributed by atoms with E-state index in [0.717, 1.165) is 5.56 Å². The molecule has 0 aromatic heterocycles. The van der Waals surface area contributed by atoms with E-state index in [1.165, 1.54) is 24.3 Å². The predicted molar refractivity (Wildman–Crippen MR) is 114 cm³/mol. The molecular weight excluding hydrogens is 423 g/mol. The van der Waals surface area contributed by atoms with Gasteiger partial charge in [0.2, 0.25) is 5.60 Å². The number of ether oxygens (including phenoxy) is 3. The maximum absolute atomic E-state index is 13.1. The molecule has 0 aliphatic carbocycles. The van der Waals surface area contributed by atoms with Gasteiger partial charge in [-0.3, -0.25) is 0 Å². The SMILES string of the molecule is CCC1(C(=O)O)Oc2ccccc2CC1Oc1ccc(Oc2ccc(F)cc2)cc1Cl. The molecule has 0 fully saturated rings. The van der Waals surface area contributed by atoms with E-state index < -0.39 is 17.7 Å². The Morgan fingerprint density at radius 3 is 2.55 bits per heavy atom. The fourth-order valence-corrected chi connectivity index (χ4v) is 3.82. The number of carboxylic acid groups (broad SMARTS) is 1. The van der Waals surface area contributed by atoms with Gasteiger partial charge in [0.25, 0.3) is 0 Å². The number of aliphatic carboxylic acids is 1. The van der Waals surface area contributed by atoms with Gasteiger partial charge in [0, 0.05) is 12.5 Å². The molecule has 1 heterocycles. The van der Waals surface area contributed by atoms with Crippen molar-refractivity contribution in [3.8, 4) is 23.0 Å². The first-order valence-corrected chi connectivity index (χ1v) is 10.2. The highest BCUT2D eigenvalue weighted by Gasteiger charge is 2.52. The molecule has 2 unspecified atom stereocenters. The van der Waals surface area contributed by atoms with Gasteiger partial charge in [0.15, 0.2) is 6.10 Å². The van der Waals surface area contributed by atoms with Crippen molar-refractivity contribution in [3.05, 3.63) is 83.1 Å². The van der Waals surface area contributed by atoms with Crippen molar-refractivity contribution >= 4 is 17.6 Å². The average molecular weight is 443 g/mol. The lowest BCUT2D eigenvalue weighted by Gasteiger charge is -2.40.